The van der Waals surface area contributed by atoms with Gasteiger partial charge >= 0.3 is 0 Å². The number of nitriles is 1. The second-order valence-corrected chi connectivity index (χ2v) is 9.05. The van der Waals surface area contributed by atoms with Crippen molar-refractivity contribution < 1.29 is 0 Å². The van der Waals surface area contributed by atoms with E-state index in [-0.39, 0.29) is 0 Å². The van der Waals surface area contributed by atoms with Crippen LogP contribution in [0.1, 0.15) is 46.7 Å². The van der Waals surface area contributed by atoms with E-state index < -0.39 is 0 Å². The lowest BCUT2D eigenvalue weighted by Crippen LogP contribution is -2.10. The van der Waals surface area contributed by atoms with Crippen molar-refractivity contribution in [1.29, 1.82) is 5.26 Å². The van der Waals surface area contributed by atoms with Crippen molar-refractivity contribution in [3.63, 3.8) is 0 Å². The predicted molar refractivity (Wildman–Crippen MR) is 126 cm³/mol. The third-order valence-electron chi connectivity index (χ3n) is 6.21. The lowest BCUT2D eigenvalue weighted by atomic mass is 10.0. The van der Waals surface area contributed by atoms with Crippen LogP contribution in [0.5, 0.6) is 0 Å². The number of aryl methyl sites for hydroxylation is 1. The van der Waals surface area contributed by atoms with Crippen LogP contribution in [0.4, 0.5) is 0 Å². The van der Waals surface area contributed by atoms with Crippen LogP contribution in [0.2, 0.25) is 5.02 Å². The second kappa shape index (κ2) is 8.45. The summed E-state index contributed by atoms with van der Waals surface area (Å²) in [5.41, 5.74) is 7.43. The van der Waals surface area contributed by atoms with Crippen molar-refractivity contribution in [2.45, 2.75) is 46.6 Å². The molecule has 7 nitrogen and oxygen atoms in total. The number of halogens is 1. The summed E-state index contributed by atoms with van der Waals surface area (Å²) in [5.74, 6) is 1.39. The molecule has 0 unspecified atom stereocenters. The molecule has 166 valence electrons. The molecule has 1 aliphatic carbocycles. The van der Waals surface area contributed by atoms with Crippen LogP contribution in [0.15, 0.2) is 36.7 Å². The van der Waals surface area contributed by atoms with E-state index in [2.05, 4.69) is 32.7 Å². The highest BCUT2D eigenvalue weighted by molar-refractivity contribution is 6.31. The molecular weight excluding hydrogens is 434 g/mol. The molecule has 1 fully saturated rings. The van der Waals surface area contributed by atoms with Crippen molar-refractivity contribution in [2.24, 2.45) is 5.92 Å². The molecule has 0 bridgehead atoms. The molecular formula is C25H24ClN7. The molecule has 1 aromatic carbocycles. The lowest BCUT2D eigenvalue weighted by molar-refractivity contribution is 0.544. The van der Waals surface area contributed by atoms with Gasteiger partial charge in [-0.25, -0.2) is 14.6 Å². The molecule has 1 aliphatic rings. The van der Waals surface area contributed by atoms with Crippen molar-refractivity contribution in [2.75, 3.05) is 0 Å². The molecule has 33 heavy (non-hydrogen) atoms. The summed E-state index contributed by atoms with van der Waals surface area (Å²) in [4.78, 5) is 8.96. The number of aromatic nitrogens is 6. The summed E-state index contributed by atoms with van der Waals surface area (Å²) in [7, 11) is 0. The average Bonchev–Trinajstić information content (AvgIpc) is 3.56. The summed E-state index contributed by atoms with van der Waals surface area (Å²) in [6.45, 7) is 6.85. The molecule has 0 amide bonds. The number of rotatable bonds is 6. The number of hydrogen-bond acceptors (Lipinski definition) is 5. The van der Waals surface area contributed by atoms with Crippen LogP contribution >= 0.6 is 11.6 Å². The van der Waals surface area contributed by atoms with Gasteiger partial charge in [0.25, 0.3) is 0 Å². The molecule has 0 radical (unpaired) electrons. The molecule has 0 aliphatic heterocycles. The Labute approximate surface area is 197 Å². The zero-order valence-electron chi connectivity index (χ0n) is 18.9. The SMILES string of the molecule is Cc1nn(-c2cc(Cc3c(C)c(-c4ccc(C#N)cc4)nn3CC3CC3)ncn2)c(C)c1Cl. The summed E-state index contributed by atoms with van der Waals surface area (Å²) in [5, 5.41) is 19.3. The van der Waals surface area contributed by atoms with Gasteiger partial charge in [0.15, 0.2) is 5.82 Å². The van der Waals surface area contributed by atoms with Gasteiger partial charge in [0.05, 0.1) is 39.4 Å². The van der Waals surface area contributed by atoms with Crippen LogP contribution in [0.25, 0.3) is 17.1 Å². The lowest BCUT2D eigenvalue weighted by Gasteiger charge is -2.09. The molecule has 8 heteroatoms. The first-order valence-corrected chi connectivity index (χ1v) is 11.4. The fraction of sp³-hybridized carbons (Fsp3) is 0.320. The maximum Gasteiger partial charge on any atom is 0.157 e. The van der Waals surface area contributed by atoms with E-state index in [4.69, 9.17) is 22.0 Å². The Kier molecular flexibility index (Phi) is 5.47. The topological polar surface area (TPSA) is 85.2 Å². The molecule has 1 saturated carbocycles. The first kappa shape index (κ1) is 21.4. The van der Waals surface area contributed by atoms with Crippen LogP contribution < -0.4 is 0 Å². The first-order chi connectivity index (χ1) is 15.9. The van der Waals surface area contributed by atoms with Crippen molar-refractivity contribution in [3.05, 3.63) is 75.6 Å². The minimum absolute atomic E-state index is 0.643. The average molecular weight is 458 g/mol. The quantitative estimate of drug-likeness (QED) is 0.407. The summed E-state index contributed by atoms with van der Waals surface area (Å²) in [6, 6.07) is 11.7. The minimum Gasteiger partial charge on any atom is -0.268 e. The number of hydrogen-bond donors (Lipinski definition) is 0. The fourth-order valence-electron chi connectivity index (χ4n) is 4.10. The molecule has 0 N–H and O–H groups in total. The van der Waals surface area contributed by atoms with E-state index >= 15 is 0 Å². The Balaban J connectivity index is 1.51. The maximum atomic E-state index is 9.12. The summed E-state index contributed by atoms with van der Waals surface area (Å²) >= 11 is 6.34. The molecule has 3 heterocycles. The third kappa shape index (κ3) is 4.14. The zero-order chi connectivity index (χ0) is 23.1. The Morgan fingerprint density at radius 1 is 1.09 bits per heavy atom. The van der Waals surface area contributed by atoms with E-state index in [1.165, 1.54) is 12.8 Å². The van der Waals surface area contributed by atoms with Crippen molar-refractivity contribution in [1.82, 2.24) is 29.5 Å². The predicted octanol–water partition coefficient (Wildman–Crippen LogP) is 4.98. The molecule has 5 rings (SSSR count). The summed E-state index contributed by atoms with van der Waals surface area (Å²) in [6.07, 6.45) is 4.72. The first-order valence-electron chi connectivity index (χ1n) is 11.0. The second-order valence-electron chi connectivity index (χ2n) is 8.68. The number of benzene rings is 1. The van der Waals surface area contributed by atoms with Gasteiger partial charge in [0.2, 0.25) is 0 Å². The van der Waals surface area contributed by atoms with Gasteiger partial charge in [0.1, 0.15) is 6.33 Å². The van der Waals surface area contributed by atoms with E-state index in [0.29, 0.717) is 28.7 Å². The standard InChI is InChI=1S/C25H24ClN7/c1-15-22(10-21-11-23(29-14-28-21)33-17(3)24(26)16(2)30-33)32(13-19-4-5-19)31-25(15)20-8-6-18(12-27)7-9-20/h6-9,11,14,19H,4-5,10,13H2,1-3H3. The highest BCUT2D eigenvalue weighted by Gasteiger charge is 2.25. The van der Waals surface area contributed by atoms with E-state index in [1.54, 1.807) is 11.0 Å². The Morgan fingerprint density at radius 3 is 2.48 bits per heavy atom. The van der Waals surface area contributed by atoms with Crippen LogP contribution in [-0.4, -0.2) is 29.5 Å². The minimum atomic E-state index is 0.643. The highest BCUT2D eigenvalue weighted by atomic mass is 35.5. The fourth-order valence-corrected chi connectivity index (χ4v) is 4.22. The number of nitrogens with zero attached hydrogens (tertiary/aromatic N) is 7. The Hall–Kier alpha value is -3.50. The third-order valence-corrected chi connectivity index (χ3v) is 6.76. The van der Waals surface area contributed by atoms with Gasteiger partial charge in [-0.1, -0.05) is 23.7 Å². The molecule has 0 atom stereocenters. The van der Waals surface area contributed by atoms with Crippen molar-refractivity contribution in [3.8, 4) is 23.1 Å². The van der Waals surface area contributed by atoms with Gasteiger partial charge in [-0.3, -0.25) is 4.68 Å². The van der Waals surface area contributed by atoms with Gasteiger partial charge < -0.3 is 0 Å². The Bertz CT molecular complexity index is 1370. The Morgan fingerprint density at radius 2 is 1.85 bits per heavy atom. The smallest absolute Gasteiger partial charge is 0.157 e. The van der Waals surface area contributed by atoms with Crippen LogP contribution in [0.3, 0.4) is 0 Å². The van der Waals surface area contributed by atoms with Gasteiger partial charge in [-0.15, -0.1) is 0 Å². The largest absolute Gasteiger partial charge is 0.268 e. The highest BCUT2D eigenvalue weighted by Crippen LogP contribution is 2.33. The zero-order valence-corrected chi connectivity index (χ0v) is 19.6. The summed E-state index contributed by atoms with van der Waals surface area (Å²) < 4.78 is 3.90. The van der Waals surface area contributed by atoms with Crippen LogP contribution in [0, 0.1) is 38.0 Å². The van der Waals surface area contributed by atoms with E-state index in [0.717, 1.165) is 46.1 Å². The van der Waals surface area contributed by atoms with Crippen molar-refractivity contribution >= 4 is 11.6 Å². The van der Waals surface area contributed by atoms with Gasteiger partial charge in [-0.05, 0) is 57.2 Å². The molecule has 0 spiro atoms. The van der Waals surface area contributed by atoms with Gasteiger partial charge in [-0.2, -0.15) is 15.5 Å². The van der Waals surface area contributed by atoms with Crippen LogP contribution in [-0.2, 0) is 13.0 Å². The van der Waals surface area contributed by atoms with E-state index in [9.17, 15) is 0 Å². The molecule has 4 aromatic rings. The normalized spacial score (nSPS) is 13.3. The maximum absolute atomic E-state index is 9.12. The molecule has 0 saturated heterocycles. The van der Waals surface area contributed by atoms with Gasteiger partial charge in [0, 0.05) is 30.3 Å². The van der Waals surface area contributed by atoms with E-state index in [1.807, 2.05) is 44.2 Å². The molecule has 3 aromatic heterocycles. The monoisotopic (exact) mass is 457 g/mol.